The van der Waals surface area contributed by atoms with Crippen LogP contribution in [0.2, 0.25) is 0 Å². The minimum absolute atomic E-state index is 0.00924. The highest BCUT2D eigenvalue weighted by molar-refractivity contribution is 14.1. The molecular formula is C80H108ClFIN9O3. The van der Waals surface area contributed by atoms with Crippen LogP contribution in [0.1, 0.15) is 235 Å². The summed E-state index contributed by atoms with van der Waals surface area (Å²) in [6.45, 7) is 12.3. The zero-order valence-electron chi connectivity index (χ0n) is 57.7. The number of unbranched alkanes of at least 4 members (excludes halogenated alkanes) is 6. The Balaban J connectivity index is 0.000000135. The molecule has 3 aromatic carbocycles. The molecule has 3 heterocycles. The van der Waals surface area contributed by atoms with Gasteiger partial charge in [0.1, 0.15) is 0 Å². The van der Waals surface area contributed by atoms with Crippen molar-refractivity contribution >= 4 is 51.9 Å². The number of amides is 3. The fourth-order valence-electron chi connectivity index (χ4n) is 21.0. The number of hydrogen-bond donors (Lipinski definition) is 3. The van der Waals surface area contributed by atoms with Crippen molar-refractivity contribution in [2.45, 2.75) is 244 Å². The van der Waals surface area contributed by atoms with Gasteiger partial charge in [0.25, 0.3) is 17.7 Å². The molecule has 0 aliphatic heterocycles. The van der Waals surface area contributed by atoms with Crippen LogP contribution in [0.3, 0.4) is 0 Å². The molecule has 3 N–H and O–H groups in total. The lowest BCUT2D eigenvalue weighted by Crippen LogP contribution is -2.60. The summed E-state index contributed by atoms with van der Waals surface area (Å²) in [5.41, 5.74) is 11.3. The number of nitrogens with zero attached hydrogens (tertiary/aromatic N) is 6. The molecule has 12 aliphatic rings. The van der Waals surface area contributed by atoms with Crippen LogP contribution in [0.4, 0.5) is 4.39 Å². The van der Waals surface area contributed by atoms with Gasteiger partial charge in [0.2, 0.25) is 0 Å². The monoisotopic (exact) mass is 1420 g/mol. The molecule has 0 saturated heterocycles. The fraction of sp³-hybridized carbons (Fsp3) is 0.625. The van der Waals surface area contributed by atoms with E-state index in [0.29, 0.717) is 35.9 Å². The van der Waals surface area contributed by atoms with Crippen LogP contribution in [-0.4, -0.2) is 80.7 Å². The van der Waals surface area contributed by atoms with E-state index in [4.69, 9.17) is 26.9 Å². The number of benzene rings is 3. The Labute approximate surface area is 585 Å². The molecular weight excluding hydrogens is 1320 g/mol. The van der Waals surface area contributed by atoms with Gasteiger partial charge in [0, 0.05) is 75.5 Å². The molecule has 3 amide bonds. The van der Waals surface area contributed by atoms with Crippen LogP contribution in [0.5, 0.6) is 0 Å². The summed E-state index contributed by atoms with van der Waals surface area (Å²) >= 11 is 8.30. The predicted octanol–water partition coefficient (Wildman–Crippen LogP) is 18.9. The van der Waals surface area contributed by atoms with Crippen LogP contribution >= 0.6 is 34.2 Å². The zero-order valence-corrected chi connectivity index (χ0v) is 60.6. The number of aromatic nitrogens is 6. The normalized spacial score (nSPS) is 28.2. The van der Waals surface area contributed by atoms with Crippen molar-refractivity contribution in [2.75, 3.05) is 17.0 Å². The Morgan fingerprint density at radius 3 is 0.916 bits per heavy atom. The van der Waals surface area contributed by atoms with Gasteiger partial charge in [-0.05, 0) is 239 Å². The summed E-state index contributed by atoms with van der Waals surface area (Å²) < 4.78 is 19.8. The number of carbonyl (C=O) groups is 3. The van der Waals surface area contributed by atoms with Crippen molar-refractivity contribution in [3.8, 4) is 33.8 Å². The first-order chi connectivity index (χ1) is 46.2. The van der Waals surface area contributed by atoms with Crippen LogP contribution in [-0.2, 0) is 19.6 Å². The molecule has 15 heteroatoms. The van der Waals surface area contributed by atoms with E-state index in [2.05, 4.69) is 118 Å². The molecule has 12 aliphatic carbocycles. The molecule has 12 nitrogen and oxygen atoms in total. The van der Waals surface area contributed by atoms with E-state index in [1.807, 2.05) is 60.5 Å². The fourth-order valence-corrected chi connectivity index (χ4v) is 21.7. The lowest BCUT2D eigenvalue weighted by atomic mass is 9.53. The Hall–Kier alpha value is -5.35. The summed E-state index contributed by atoms with van der Waals surface area (Å²) in [6, 6.07) is 31.0. The number of alkyl halides is 3. The molecule has 95 heavy (non-hydrogen) atoms. The van der Waals surface area contributed by atoms with E-state index < -0.39 is 0 Å². The summed E-state index contributed by atoms with van der Waals surface area (Å²) in [5, 5.41) is 25.1. The van der Waals surface area contributed by atoms with Gasteiger partial charge in [-0.25, -0.2) is 0 Å². The van der Waals surface area contributed by atoms with Gasteiger partial charge in [0.15, 0.2) is 17.1 Å². The third-order valence-corrected chi connectivity index (χ3v) is 24.6. The molecule has 3 aromatic heterocycles. The van der Waals surface area contributed by atoms with Gasteiger partial charge in [-0.3, -0.25) is 32.8 Å². The van der Waals surface area contributed by atoms with Gasteiger partial charge >= 0.3 is 0 Å². The van der Waals surface area contributed by atoms with E-state index in [1.54, 1.807) is 0 Å². The topological polar surface area (TPSA) is 141 Å². The molecule has 12 saturated carbocycles. The number of nitrogens with one attached hydrogen (secondary N) is 3. The first-order valence-electron chi connectivity index (χ1n) is 37.2. The van der Waals surface area contributed by atoms with Crippen molar-refractivity contribution < 1.29 is 18.8 Å². The van der Waals surface area contributed by atoms with Crippen LogP contribution in [0.15, 0.2) is 91.0 Å². The zero-order chi connectivity index (χ0) is 66.3. The van der Waals surface area contributed by atoms with E-state index in [1.165, 1.54) is 94.3 Å². The third-order valence-electron chi connectivity index (χ3n) is 23.6. The second-order valence-electron chi connectivity index (χ2n) is 30.9. The molecule has 0 radical (unpaired) electrons. The second-order valence-corrected chi connectivity index (χ2v) is 32.4. The molecule has 0 spiro atoms. The van der Waals surface area contributed by atoms with Crippen molar-refractivity contribution in [3.05, 3.63) is 125 Å². The predicted molar refractivity (Wildman–Crippen MR) is 391 cm³/mol. The Morgan fingerprint density at radius 1 is 0.421 bits per heavy atom. The van der Waals surface area contributed by atoms with E-state index >= 15 is 0 Å². The minimum Gasteiger partial charge on any atom is -0.345 e. The van der Waals surface area contributed by atoms with Crippen molar-refractivity contribution in [1.29, 1.82) is 0 Å². The van der Waals surface area contributed by atoms with Crippen LogP contribution in [0, 0.1) is 74.0 Å². The van der Waals surface area contributed by atoms with E-state index in [0.717, 1.165) is 194 Å². The van der Waals surface area contributed by atoms with Crippen molar-refractivity contribution in [1.82, 2.24) is 45.3 Å². The van der Waals surface area contributed by atoms with Gasteiger partial charge < -0.3 is 16.0 Å². The van der Waals surface area contributed by atoms with Gasteiger partial charge in [0.05, 0.1) is 23.8 Å². The first kappa shape index (κ1) is 69.5. The Morgan fingerprint density at radius 2 is 0.674 bits per heavy atom. The van der Waals surface area contributed by atoms with Gasteiger partial charge in [-0.2, -0.15) is 15.3 Å². The largest absolute Gasteiger partial charge is 0.345 e. The lowest BCUT2D eigenvalue weighted by molar-refractivity contribution is -0.0172. The van der Waals surface area contributed by atoms with Crippen molar-refractivity contribution in [3.63, 3.8) is 0 Å². The smallest absolute Gasteiger partial charge is 0.272 e. The maximum Gasteiger partial charge on any atom is 0.272 e. The maximum atomic E-state index is 13.5. The molecule has 6 aromatic rings. The summed E-state index contributed by atoms with van der Waals surface area (Å²) in [7, 11) is 0. The quantitative estimate of drug-likeness (QED) is 0.0313. The number of halogens is 3. The molecule has 12 bridgehead atoms. The lowest BCUT2D eigenvalue weighted by Gasteiger charge is -2.56. The van der Waals surface area contributed by atoms with Crippen molar-refractivity contribution in [2.24, 2.45) is 53.3 Å². The Kier molecular flexibility index (Phi) is 22.9. The average molecular weight is 1430 g/mol. The maximum absolute atomic E-state index is 13.5. The summed E-state index contributed by atoms with van der Waals surface area (Å²) in [6.07, 6.45) is 31.7. The second kappa shape index (κ2) is 31.2. The third kappa shape index (κ3) is 15.9. The number of aryl methyl sites for hydroxylation is 3. The molecule has 12 fully saturated rings. The molecule has 0 atom stereocenters. The first-order valence-corrected chi connectivity index (χ1v) is 39.3. The highest BCUT2D eigenvalue weighted by Gasteiger charge is 2.54. The Bertz CT molecular complexity index is 3070. The molecule has 512 valence electrons. The van der Waals surface area contributed by atoms with Crippen LogP contribution < -0.4 is 16.0 Å². The average Bonchev–Trinajstić information content (AvgIpc) is 1.28. The summed E-state index contributed by atoms with van der Waals surface area (Å²) in [4.78, 5) is 40.5. The molecule has 18 rings (SSSR count). The van der Waals surface area contributed by atoms with Gasteiger partial charge in [-0.1, -0.05) is 140 Å². The number of carbonyl (C=O) groups excluding carboxylic acids is 3. The highest BCUT2D eigenvalue weighted by atomic mass is 127. The van der Waals surface area contributed by atoms with E-state index in [-0.39, 0.29) is 41.0 Å². The van der Waals surface area contributed by atoms with Gasteiger partial charge in [-0.15, -0.1) is 11.6 Å². The summed E-state index contributed by atoms with van der Waals surface area (Å²) in [5.74, 6) is 8.03. The minimum atomic E-state index is -0.275. The molecule has 0 unspecified atom stereocenters. The van der Waals surface area contributed by atoms with Crippen LogP contribution in [0.25, 0.3) is 33.8 Å². The number of hydrogen-bond acceptors (Lipinski definition) is 6. The number of rotatable bonds is 24. The SMILES string of the molecule is CC.Cc1c(C(=O)NC23CC4CC(CC(C4)C2)C3)nn(CCCCCCl)c1-c1ccccc1.Cc1c(C(=O)NC23CC4CC(CC(C4)C2)C3)nn(CCCCCF)c1-c1ccccc1.Cc1c(C(=O)NC23CC4CC(CC(C4)C2)C3)nn(CCCCCI)c1-c1ccccc1. The highest BCUT2D eigenvalue weighted by Crippen LogP contribution is 2.58. The van der Waals surface area contributed by atoms with E-state index in [9.17, 15) is 18.8 Å². The standard InChI is InChI=1S/C26H34ClN3O.C26H34FN3O.C26H34IN3O.C2H6/c3*1-18-23(25(31)28-26-15-19-12-20(16-26)14-21(13-19)17-26)29-30(11-7-3-6-10-27)24(18)22-8-4-2-5-9-22;1-2/h3*2,4-5,8-9,19-21H,3,6-7,10-17H2,1H3,(H,28,31);1-2H3.